The lowest BCUT2D eigenvalue weighted by molar-refractivity contribution is -0.128. The molecule has 4 rings (SSSR count). The zero-order valence-corrected chi connectivity index (χ0v) is 14.9. The number of hydrogen-bond donors (Lipinski definition) is 0. The first kappa shape index (κ1) is 16.8. The van der Waals surface area contributed by atoms with Crippen molar-refractivity contribution in [3.63, 3.8) is 0 Å². The highest BCUT2D eigenvalue weighted by atomic mass is 19.1. The van der Waals surface area contributed by atoms with Gasteiger partial charge in [0, 0.05) is 32.0 Å². The average molecular weight is 351 g/mol. The van der Waals surface area contributed by atoms with Crippen LogP contribution in [-0.4, -0.2) is 26.9 Å². The number of halogens is 1. The van der Waals surface area contributed by atoms with E-state index in [0.717, 1.165) is 35.4 Å². The van der Waals surface area contributed by atoms with Gasteiger partial charge in [-0.05, 0) is 36.2 Å². The Hall–Kier alpha value is -2.69. The molecule has 1 atom stereocenters. The number of amides is 1. The monoisotopic (exact) mass is 351 g/mol. The lowest BCUT2D eigenvalue weighted by Gasteiger charge is -2.17. The molecule has 0 radical (unpaired) electrons. The quantitative estimate of drug-likeness (QED) is 0.694. The SMILES string of the molecule is CCCn1c([C@@H]2CC(=O)N(Cc3ccc(F)cc3)C2)nc2ccccc21. The molecule has 2 aromatic carbocycles. The van der Waals surface area contributed by atoms with Crippen molar-refractivity contribution in [2.75, 3.05) is 6.54 Å². The Labute approximate surface area is 152 Å². The first-order chi connectivity index (χ1) is 12.7. The molecule has 1 aliphatic rings. The van der Waals surface area contributed by atoms with Crippen molar-refractivity contribution in [3.8, 4) is 0 Å². The van der Waals surface area contributed by atoms with Crippen LogP contribution in [0.4, 0.5) is 4.39 Å². The number of imidazole rings is 1. The molecule has 4 nitrogen and oxygen atoms in total. The predicted octanol–water partition coefficient (Wildman–Crippen LogP) is 4.10. The first-order valence-corrected chi connectivity index (χ1v) is 9.13. The second-order valence-electron chi connectivity index (χ2n) is 6.91. The molecule has 0 spiro atoms. The van der Waals surface area contributed by atoms with Crippen LogP contribution in [0.5, 0.6) is 0 Å². The van der Waals surface area contributed by atoms with Crippen LogP contribution in [0.1, 0.15) is 37.1 Å². The summed E-state index contributed by atoms with van der Waals surface area (Å²) in [6.07, 6.45) is 1.50. The van der Waals surface area contributed by atoms with E-state index in [2.05, 4.69) is 17.6 Å². The first-order valence-electron chi connectivity index (χ1n) is 9.13. The molecule has 1 amide bonds. The largest absolute Gasteiger partial charge is 0.338 e. The van der Waals surface area contributed by atoms with E-state index in [1.165, 1.54) is 12.1 Å². The fourth-order valence-corrected chi connectivity index (χ4v) is 3.77. The molecule has 0 saturated carbocycles. The number of para-hydroxylation sites is 2. The molecular formula is C21H22FN3O. The zero-order chi connectivity index (χ0) is 18.1. The van der Waals surface area contributed by atoms with Crippen molar-refractivity contribution in [2.45, 2.75) is 38.8 Å². The number of carbonyl (C=O) groups excluding carboxylic acids is 1. The van der Waals surface area contributed by atoms with E-state index in [4.69, 9.17) is 4.98 Å². The molecule has 0 N–H and O–H groups in total. The van der Waals surface area contributed by atoms with E-state index in [1.54, 1.807) is 12.1 Å². The third-order valence-corrected chi connectivity index (χ3v) is 5.00. The van der Waals surface area contributed by atoms with Crippen LogP contribution in [0.15, 0.2) is 48.5 Å². The van der Waals surface area contributed by atoms with Crippen molar-refractivity contribution in [2.24, 2.45) is 0 Å². The highest BCUT2D eigenvalue weighted by Gasteiger charge is 2.33. The lowest BCUT2D eigenvalue weighted by Crippen LogP contribution is -2.24. The van der Waals surface area contributed by atoms with Crippen LogP contribution in [0.25, 0.3) is 11.0 Å². The maximum Gasteiger partial charge on any atom is 0.223 e. The van der Waals surface area contributed by atoms with Crippen LogP contribution >= 0.6 is 0 Å². The van der Waals surface area contributed by atoms with E-state index in [0.29, 0.717) is 19.5 Å². The summed E-state index contributed by atoms with van der Waals surface area (Å²) in [5, 5.41) is 0. The average Bonchev–Trinajstić information content (AvgIpc) is 3.19. The van der Waals surface area contributed by atoms with Crippen molar-refractivity contribution in [1.82, 2.24) is 14.5 Å². The molecule has 1 aliphatic heterocycles. The number of hydrogen-bond acceptors (Lipinski definition) is 2. The fraction of sp³-hybridized carbons (Fsp3) is 0.333. The van der Waals surface area contributed by atoms with E-state index in [9.17, 15) is 9.18 Å². The van der Waals surface area contributed by atoms with E-state index in [1.807, 2.05) is 23.1 Å². The number of fused-ring (bicyclic) bond motifs is 1. The highest BCUT2D eigenvalue weighted by Crippen LogP contribution is 2.31. The van der Waals surface area contributed by atoms with E-state index < -0.39 is 0 Å². The molecule has 26 heavy (non-hydrogen) atoms. The van der Waals surface area contributed by atoms with Crippen LogP contribution in [0, 0.1) is 5.82 Å². The molecule has 1 fully saturated rings. The van der Waals surface area contributed by atoms with Gasteiger partial charge in [-0.2, -0.15) is 0 Å². The summed E-state index contributed by atoms with van der Waals surface area (Å²) in [4.78, 5) is 19.2. The number of nitrogens with zero attached hydrogens (tertiary/aromatic N) is 3. The van der Waals surface area contributed by atoms with Crippen molar-refractivity contribution < 1.29 is 9.18 Å². The van der Waals surface area contributed by atoms with Crippen LogP contribution < -0.4 is 0 Å². The number of likely N-dealkylation sites (tertiary alicyclic amines) is 1. The molecular weight excluding hydrogens is 329 g/mol. The van der Waals surface area contributed by atoms with Gasteiger partial charge in [-0.1, -0.05) is 31.2 Å². The maximum atomic E-state index is 13.1. The summed E-state index contributed by atoms with van der Waals surface area (Å²) < 4.78 is 15.3. The molecule has 0 bridgehead atoms. The number of carbonyl (C=O) groups is 1. The predicted molar refractivity (Wildman–Crippen MR) is 99.2 cm³/mol. The van der Waals surface area contributed by atoms with Gasteiger partial charge >= 0.3 is 0 Å². The number of aryl methyl sites for hydroxylation is 1. The van der Waals surface area contributed by atoms with Gasteiger partial charge in [0.05, 0.1) is 11.0 Å². The van der Waals surface area contributed by atoms with Crippen molar-refractivity contribution >= 4 is 16.9 Å². The Morgan fingerprint density at radius 3 is 2.69 bits per heavy atom. The molecule has 0 aliphatic carbocycles. The lowest BCUT2D eigenvalue weighted by atomic mass is 10.1. The summed E-state index contributed by atoms with van der Waals surface area (Å²) in [5.41, 5.74) is 3.07. The molecule has 1 saturated heterocycles. The summed E-state index contributed by atoms with van der Waals surface area (Å²) in [6.45, 7) is 4.23. The van der Waals surface area contributed by atoms with Gasteiger partial charge < -0.3 is 9.47 Å². The zero-order valence-electron chi connectivity index (χ0n) is 14.9. The summed E-state index contributed by atoms with van der Waals surface area (Å²) in [5.74, 6) is 0.979. The Morgan fingerprint density at radius 2 is 1.92 bits per heavy atom. The Morgan fingerprint density at radius 1 is 1.15 bits per heavy atom. The second kappa shape index (κ2) is 6.90. The highest BCUT2D eigenvalue weighted by molar-refractivity contribution is 5.81. The molecule has 3 aromatic rings. The van der Waals surface area contributed by atoms with Crippen molar-refractivity contribution in [3.05, 3.63) is 65.7 Å². The fourth-order valence-electron chi connectivity index (χ4n) is 3.77. The van der Waals surface area contributed by atoms with Crippen LogP contribution in [0.3, 0.4) is 0 Å². The molecule has 134 valence electrons. The van der Waals surface area contributed by atoms with E-state index in [-0.39, 0.29) is 17.6 Å². The third-order valence-electron chi connectivity index (χ3n) is 5.00. The van der Waals surface area contributed by atoms with Gasteiger partial charge in [-0.25, -0.2) is 9.37 Å². The Balaban J connectivity index is 1.59. The minimum Gasteiger partial charge on any atom is -0.338 e. The van der Waals surface area contributed by atoms with Gasteiger partial charge in [0.25, 0.3) is 0 Å². The Kier molecular flexibility index (Phi) is 4.45. The van der Waals surface area contributed by atoms with Crippen LogP contribution in [0.2, 0.25) is 0 Å². The van der Waals surface area contributed by atoms with Crippen LogP contribution in [-0.2, 0) is 17.9 Å². The van der Waals surface area contributed by atoms with E-state index >= 15 is 0 Å². The van der Waals surface area contributed by atoms with Gasteiger partial charge in [-0.3, -0.25) is 4.79 Å². The van der Waals surface area contributed by atoms with Gasteiger partial charge in [0.15, 0.2) is 0 Å². The number of aromatic nitrogens is 2. The molecule has 1 aromatic heterocycles. The van der Waals surface area contributed by atoms with Gasteiger partial charge in [0.1, 0.15) is 11.6 Å². The molecule has 2 heterocycles. The normalized spacial score (nSPS) is 17.4. The van der Waals surface area contributed by atoms with Gasteiger partial charge in [0.2, 0.25) is 5.91 Å². The van der Waals surface area contributed by atoms with Gasteiger partial charge in [-0.15, -0.1) is 0 Å². The standard InChI is InChI=1S/C21H22FN3O/c1-2-11-25-19-6-4-3-5-18(19)23-21(25)16-12-20(26)24(14-16)13-15-7-9-17(22)10-8-15/h3-10,16H,2,11-14H2,1H3/t16-/m1/s1. The number of rotatable bonds is 5. The second-order valence-corrected chi connectivity index (χ2v) is 6.91. The topological polar surface area (TPSA) is 38.1 Å². The van der Waals surface area contributed by atoms with Crippen molar-refractivity contribution in [1.29, 1.82) is 0 Å². The third kappa shape index (κ3) is 3.09. The number of benzene rings is 2. The maximum absolute atomic E-state index is 13.1. The summed E-state index contributed by atoms with van der Waals surface area (Å²) in [7, 11) is 0. The smallest absolute Gasteiger partial charge is 0.223 e. The molecule has 0 unspecified atom stereocenters. The Bertz CT molecular complexity index is 932. The summed E-state index contributed by atoms with van der Waals surface area (Å²) >= 11 is 0. The minimum atomic E-state index is -0.257. The molecule has 5 heteroatoms. The minimum absolute atomic E-state index is 0.0990. The summed E-state index contributed by atoms with van der Waals surface area (Å²) in [6, 6.07) is 14.5.